The maximum absolute atomic E-state index is 11.9. The molecule has 1 aromatic carbocycles. The van der Waals surface area contributed by atoms with Crippen molar-refractivity contribution in [2.45, 2.75) is 6.92 Å². The van der Waals surface area contributed by atoms with Crippen molar-refractivity contribution in [3.8, 4) is 5.75 Å². The zero-order chi connectivity index (χ0) is 16.2. The van der Waals surface area contributed by atoms with Crippen molar-refractivity contribution in [1.82, 2.24) is 19.6 Å². The lowest BCUT2D eigenvalue weighted by Gasteiger charge is -2.07. The largest absolute Gasteiger partial charge is 0.488 e. The van der Waals surface area contributed by atoms with E-state index in [1.54, 1.807) is 30.5 Å². The molecule has 2 aromatic heterocycles. The quantitative estimate of drug-likeness (QED) is 0.527. The van der Waals surface area contributed by atoms with Crippen LogP contribution in [0.3, 0.4) is 0 Å². The van der Waals surface area contributed by atoms with Crippen molar-refractivity contribution in [1.29, 1.82) is 0 Å². The Morgan fingerprint density at radius 3 is 2.87 bits per heavy atom. The first kappa shape index (κ1) is 15.2. The second kappa shape index (κ2) is 6.62. The molecule has 118 valence electrons. The van der Waals surface area contributed by atoms with Crippen molar-refractivity contribution < 1.29 is 14.3 Å². The summed E-state index contributed by atoms with van der Waals surface area (Å²) in [7, 11) is 0. The molecule has 0 aliphatic rings. The molecule has 3 aromatic rings. The number of hydrogen-bond acceptors (Lipinski definition) is 6. The van der Waals surface area contributed by atoms with E-state index in [-0.39, 0.29) is 19.0 Å². The van der Waals surface area contributed by atoms with E-state index in [2.05, 4.69) is 15.1 Å². The number of ether oxygens (including phenoxy) is 2. The van der Waals surface area contributed by atoms with Gasteiger partial charge in [0.2, 0.25) is 0 Å². The van der Waals surface area contributed by atoms with Gasteiger partial charge in [0.15, 0.2) is 0 Å². The molecule has 0 saturated carbocycles. The fraction of sp³-hybridized carbons (Fsp3) is 0.200. The van der Waals surface area contributed by atoms with Crippen LogP contribution in [-0.4, -0.2) is 38.8 Å². The van der Waals surface area contributed by atoms with Gasteiger partial charge in [0.1, 0.15) is 19.0 Å². The summed E-state index contributed by atoms with van der Waals surface area (Å²) in [6, 6.07) is 8.85. The van der Waals surface area contributed by atoms with E-state index in [4.69, 9.17) is 21.1 Å². The summed E-state index contributed by atoms with van der Waals surface area (Å²) in [5.74, 6) is 0.224. The number of fused-ring (bicyclic) bond motifs is 1. The lowest BCUT2D eigenvalue weighted by atomic mass is 10.3. The summed E-state index contributed by atoms with van der Waals surface area (Å²) in [5, 5.41) is 4.57. The molecule has 0 spiro atoms. The van der Waals surface area contributed by atoms with Gasteiger partial charge in [-0.15, -0.1) is 5.10 Å². The smallest absolute Gasteiger partial charge is 0.378 e. The number of nitrogens with zero attached hydrogens (tertiary/aromatic N) is 4. The van der Waals surface area contributed by atoms with E-state index in [9.17, 15) is 4.79 Å². The highest BCUT2D eigenvalue weighted by Gasteiger charge is 2.15. The molecule has 0 saturated heterocycles. The minimum absolute atomic E-state index is 0.0375. The Bertz CT molecular complexity index is 850. The molecule has 0 amide bonds. The first-order valence-corrected chi connectivity index (χ1v) is 7.26. The number of halogens is 1. The monoisotopic (exact) mass is 332 g/mol. The van der Waals surface area contributed by atoms with E-state index in [1.165, 1.54) is 4.52 Å². The number of esters is 1. The lowest BCUT2D eigenvalue weighted by Crippen LogP contribution is -2.13. The molecule has 2 heterocycles. The molecule has 8 heteroatoms. The summed E-state index contributed by atoms with van der Waals surface area (Å²) in [6.07, 6.45) is 1.60. The second-order valence-electron chi connectivity index (χ2n) is 4.65. The fourth-order valence-corrected chi connectivity index (χ4v) is 2.10. The summed E-state index contributed by atoms with van der Waals surface area (Å²) in [6.45, 7) is 2.09. The van der Waals surface area contributed by atoms with Crippen LogP contribution in [-0.2, 0) is 4.74 Å². The molecular formula is C15H13ClN4O3. The fourth-order valence-electron chi connectivity index (χ4n) is 1.91. The van der Waals surface area contributed by atoms with Crippen molar-refractivity contribution in [3.05, 3.63) is 53.1 Å². The van der Waals surface area contributed by atoms with Gasteiger partial charge >= 0.3 is 5.97 Å². The minimum atomic E-state index is -0.627. The molecule has 0 aliphatic carbocycles. The van der Waals surface area contributed by atoms with E-state index in [0.717, 1.165) is 5.69 Å². The molecule has 0 N–H and O–H groups in total. The molecule has 23 heavy (non-hydrogen) atoms. The third kappa shape index (κ3) is 3.40. The Morgan fingerprint density at radius 1 is 1.26 bits per heavy atom. The zero-order valence-electron chi connectivity index (χ0n) is 12.3. The van der Waals surface area contributed by atoms with Crippen LogP contribution in [0.5, 0.6) is 5.75 Å². The zero-order valence-corrected chi connectivity index (χ0v) is 13.0. The molecule has 0 aliphatic heterocycles. The van der Waals surface area contributed by atoms with Gasteiger partial charge in [0.25, 0.3) is 11.6 Å². The summed E-state index contributed by atoms with van der Waals surface area (Å²) in [5.41, 5.74) is 0.823. The van der Waals surface area contributed by atoms with Crippen LogP contribution in [0.25, 0.3) is 5.78 Å². The van der Waals surface area contributed by atoms with E-state index >= 15 is 0 Å². The van der Waals surface area contributed by atoms with Crippen molar-refractivity contribution in [3.63, 3.8) is 0 Å². The highest BCUT2D eigenvalue weighted by Crippen LogP contribution is 2.22. The van der Waals surface area contributed by atoms with E-state index in [1.807, 2.05) is 13.0 Å². The normalized spacial score (nSPS) is 10.7. The van der Waals surface area contributed by atoms with Gasteiger partial charge in [-0.2, -0.15) is 4.98 Å². The van der Waals surface area contributed by atoms with Gasteiger partial charge in [0, 0.05) is 11.9 Å². The highest BCUT2D eigenvalue weighted by molar-refractivity contribution is 6.32. The molecular weight excluding hydrogens is 320 g/mol. The Morgan fingerprint density at radius 2 is 2.09 bits per heavy atom. The summed E-state index contributed by atoms with van der Waals surface area (Å²) >= 11 is 5.96. The Hall–Kier alpha value is -2.67. The number of rotatable bonds is 5. The molecule has 0 fully saturated rings. The first-order valence-electron chi connectivity index (χ1n) is 6.88. The van der Waals surface area contributed by atoms with Gasteiger partial charge in [-0.1, -0.05) is 23.7 Å². The Labute approximate surface area is 136 Å². The summed E-state index contributed by atoms with van der Waals surface area (Å²) < 4.78 is 12.0. The van der Waals surface area contributed by atoms with Crippen molar-refractivity contribution in [2.24, 2.45) is 0 Å². The average Bonchev–Trinajstić information content (AvgIpc) is 2.99. The molecule has 0 bridgehead atoms. The van der Waals surface area contributed by atoms with Crippen LogP contribution in [0.4, 0.5) is 0 Å². The van der Waals surface area contributed by atoms with Crippen LogP contribution < -0.4 is 4.74 Å². The van der Waals surface area contributed by atoms with Crippen LogP contribution in [0, 0.1) is 6.92 Å². The average molecular weight is 333 g/mol. The van der Waals surface area contributed by atoms with Gasteiger partial charge in [0.05, 0.1) is 5.02 Å². The van der Waals surface area contributed by atoms with E-state index < -0.39 is 5.97 Å². The molecule has 0 unspecified atom stereocenters. The van der Waals surface area contributed by atoms with E-state index in [0.29, 0.717) is 16.5 Å². The number of para-hydroxylation sites is 1. The highest BCUT2D eigenvalue weighted by atomic mass is 35.5. The number of aryl methyl sites for hydroxylation is 1. The number of carbonyl (C=O) groups excluding carboxylic acids is 1. The van der Waals surface area contributed by atoms with Crippen LogP contribution in [0.1, 0.15) is 16.3 Å². The predicted molar refractivity (Wildman–Crippen MR) is 82.7 cm³/mol. The molecule has 7 nitrogen and oxygen atoms in total. The third-order valence-corrected chi connectivity index (χ3v) is 3.34. The first-order chi connectivity index (χ1) is 11.1. The summed E-state index contributed by atoms with van der Waals surface area (Å²) in [4.78, 5) is 20.0. The Kier molecular flexibility index (Phi) is 4.38. The van der Waals surface area contributed by atoms with Gasteiger partial charge < -0.3 is 9.47 Å². The number of aromatic nitrogens is 4. The number of carbonyl (C=O) groups is 1. The van der Waals surface area contributed by atoms with Crippen LogP contribution in [0.2, 0.25) is 5.02 Å². The van der Waals surface area contributed by atoms with Crippen LogP contribution in [0.15, 0.2) is 36.5 Å². The predicted octanol–water partition coefficient (Wildman–Crippen LogP) is 2.32. The van der Waals surface area contributed by atoms with Gasteiger partial charge in [-0.25, -0.2) is 14.3 Å². The molecule has 0 atom stereocenters. The van der Waals surface area contributed by atoms with Gasteiger partial charge in [-0.05, 0) is 25.1 Å². The van der Waals surface area contributed by atoms with Crippen LogP contribution >= 0.6 is 11.6 Å². The third-order valence-electron chi connectivity index (χ3n) is 3.02. The SMILES string of the molecule is Cc1ccnc2nc(C(=O)OCCOc3ccccc3Cl)nn12. The number of hydrogen-bond donors (Lipinski definition) is 0. The van der Waals surface area contributed by atoms with Gasteiger partial charge in [-0.3, -0.25) is 0 Å². The second-order valence-corrected chi connectivity index (χ2v) is 5.06. The standard InChI is InChI=1S/C15H13ClN4O3/c1-10-6-7-17-15-18-13(19-20(10)15)14(21)23-9-8-22-12-5-3-2-4-11(12)16/h2-7H,8-9H2,1H3. The number of benzene rings is 1. The lowest BCUT2D eigenvalue weighted by molar-refractivity contribution is 0.0437. The van der Waals surface area contributed by atoms with Crippen molar-refractivity contribution >= 4 is 23.3 Å². The molecule has 0 radical (unpaired) electrons. The Balaban J connectivity index is 1.56. The maximum atomic E-state index is 11.9. The maximum Gasteiger partial charge on any atom is 0.378 e. The topological polar surface area (TPSA) is 78.6 Å². The minimum Gasteiger partial charge on any atom is -0.488 e. The molecule has 3 rings (SSSR count). The van der Waals surface area contributed by atoms with Crippen molar-refractivity contribution in [2.75, 3.05) is 13.2 Å².